The van der Waals surface area contributed by atoms with Crippen molar-refractivity contribution in [2.75, 3.05) is 18.7 Å². The molecule has 1 unspecified atom stereocenters. The quantitative estimate of drug-likeness (QED) is 0.641. The van der Waals surface area contributed by atoms with Crippen molar-refractivity contribution in [3.63, 3.8) is 0 Å². The van der Waals surface area contributed by atoms with Crippen LogP contribution >= 0.6 is 22.9 Å². The van der Waals surface area contributed by atoms with Crippen molar-refractivity contribution in [3.8, 4) is 22.1 Å². The number of likely N-dealkylation sites (tertiary alicyclic amines) is 1. The Morgan fingerprint density at radius 2 is 1.90 bits per heavy atom. The van der Waals surface area contributed by atoms with Crippen LogP contribution in [0.3, 0.4) is 0 Å². The van der Waals surface area contributed by atoms with Crippen molar-refractivity contribution >= 4 is 39.9 Å². The summed E-state index contributed by atoms with van der Waals surface area (Å²) in [6.45, 7) is 0.723. The molecule has 2 aromatic carbocycles. The highest BCUT2D eigenvalue weighted by atomic mass is 35.5. The molecule has 1 atom stereocenters. The van der Waals surface area contributed by atoms with E-state index in [0.717, 1.165) is 12.0 Å². The van der Waals surface area contributed by atoms with Crippen LogP contribution in [0, 0.1) is 0 Å². The number of halogens is 1. The Morgan fingerprint density at radius 1 is 1.10 bits per heavy atom. The fourth-order valence-corrected chi connectivity index (χ4v) is 4.52. The van der Waals surface area contributed by atoms with Crippen molar-refractivity contribution in [1.29, 1.82) is 0 Å². The number of hydrogen-bond acceptors (Lipinski definition) is 7. The van der Waals surface area contributed by atoms with E-state index < -0.39 is 6.04 Å². The van der Waals surface area contributed by atoms with Gasteiger partial charge >= 0.3 is 0 Å². The largest absolute Gasteiger partial charge is 0.454 e. The highest BCUT2D eigenvalue weighted by Gasteiger charge is 2.35. The summed E-state index contributed by atoms with van der Waals surface area (Å²) in [6, 6.07) is 11.6. The molecule has 0 aliphatic carbocycles. The molecule has 0 bridgehead atoms. The van der Waals surface area contributed by atoms with Crippen LogP contribution in [0.5, 0.6) is 11.5 Å². The lowest BCUT2D eigenvalue weighted by molar-refractivity contribution is -0.119. The number of aromatic nitrogens is 2. The average molecular weight is 457 g/mol. The van der Waals surface area contributed by atoms with Gasteiger partial charge in [0.15, 0.2) is 11.5 Å². The SMILES string of the molecule is O=C(Nc1nnc(-c2ccc3c(c2)OCO3)s1)C1CCCN1C(=O)c1ccc(Cl)cc1. The fraction of sp³-hybridized carbons (Fsp3) is 0.238. The first-order valence-electron chi connectivity index (χ1n) is 9.69. The molecule has 2 aliphatic heterocycles. The molecule has 158 valence electrons. The highest BCUT2D eigenvalue weighted by molar-refractivity contribution is 7.18. The van der Waals surface area contributed by atoms with E-state index in [0.29, 0.717) is 45.2 Å². The lowest BCUT2D eigenvalue weighted by atomic mass is 10.1. The third-order valence-corrected chi connectivity index (χ3v) is 6.32. The van der Waals surface area contributed by atoms with Crippen molar-refractivity contribution in [2.24, 2.45) is 0 Å². The number of amides is 2. The Labute approximate surface area is 186 Å². The van der Waals surface area contributed by atoms with E-state index in [4.69, 9.17) is 21.1 Å². The second-order valence-electron chi connectivity index (χ2n) is 7.13. The van der Waals surface area contributed by atoms with Crippen molar-refractivity contribution < 1.29 is 19.1 Å². The molecular formula is C21H17ClN4O4S. The summed E-state index contributed by atoms with van der Waals surface area (Å²) >= 11 is 7.16. The van der Waals surface area contributed by atoms with Gasteiger partial charge in [-0.15, -0.1) is 10.2 Å². The number of fused-ring (bicyclic) bond motifs is 1. The van der Waals surface area contributed by atoms with Gasteiger partial charge in [0.1, 0.15) is 11.0 Å². The van der Waals surface area contributed by atoms with Gasteiger partial charge in [0, 0.05) is 22.7 Å². The molecule has 0 spiro atoms. The van der Waals surface area contributed by atoms with Gasteiger partial charge in [0.2, 0.25) is 17.8 Å². The summed E-state index contributed by atoms with van der Waals surface area (Å²) < 4.78 is 10.7. The maximum atomic E-state index is 12.9. The number of ether oxygens (including phenoxy) is 2. The van der Waals surface area contributed by atoms with E-state index >= 15 is 0 Å². The molecule has 0 radical (unpaired) electrons. The summed E-state index contributed by atoms with van der Waals surface area (Å²) in [6.07, 6.45) is 1.36. The molecule has 1 N–H and O–H groups in total. The van der Waals surface area contributed by atoms with Crippen LogP contribution in [0.1, 0.15) is 23.2 Å². The first-order chi connectivity index (χ1) is 15.1. The minimum absolute atomic E-state index is 0.187. The molecule has 0 saturated carbocycles. The Bertz CT molecular complexity index is 1150. The summed E-state index contributed by atoms with van der Waals surface area (Å²) in [5.41, 5.74) is 1.33. The average Bonchev–Trinajstić information content (AvgIpc) is 3.53. The number of carbonyl (C=O) groups excluding carboxylic acids is 2. The normalized spacial score (nSPS) is 17.1. The van der Waals surface area contributed by atoms with Gasteiger partial charge in [-0.25, -0.2) is 0 Å². The predicted octanol–water partition coefficient (Wildman–Crippen LogP) is 3.83. The lowest BCUT2D eigenvalue weighted by Crippen LogP contribution is -2.43. The van der Waals surface area contributed by atoms with Gasteiger partial charge < -0.3 is 14.4 Å². The number of carbonyl (C=O) groups is 2. The van der Waals surface area contributed by atoms with E-state index in [1.807, 2.05) is 18.2 Å². The van der Waals surface area contributed by atoms with E-state index in [2.05, 4.69) is 15.5 Å². The van der Waals surface area contributed by atoms with Crippen LogP contribution in [-0.2, 0) is 4.79 Å². The molecule has 2 amide bonds. The van der Waals surface area contributed by atoms with E-state index in [-0.39, 0.29) is 18.6 Å². The zero-order valence-electron chi connectivity index (χ0n) is 16.2. The van der Waals surface area contributed by atoms with Crippen molar-refractivity contribution in [2.45, 2.75) is 18.9 Å². The maximum absolute atomic E-state index is 12.9. The van der Waals surface area contributed by atoms with Crippen LogP contribution in [-0.4, -0.2) is 46.3 Å². The Balaban J connectivity index is 1.28. The molecule has 3 aromatic rings. The van der Waals surface area contributed by atoms with Crippen LogP contribution in [0.4, 0.5) is 5.13 Å². The minimum atomic E-state index is -0.555. The predicted molar refractivity (Wildman–Crippen MR) is 116 cm³/mol. The second-order valence-corrected chi connectivity index (χ2v) is 8.55. The number of benzene rings is 2. The molecule has 10 heteroatoms. The Kier molecular flexibility index (Phi) is 5.21. The summed E-state index contributed by atoms with van der Waals surface area (Å²) in [7, 11) is 0. The standard InChI is InChI=1S/C21H17ClN4O4S/c22-14-6-3-12(4-7-14)20(28)26-9-1-2-15(26)18(27)23-21-25-24-19(31-21)13-5-8-16-17(10-13)30-11-29-16/h3-8,10,15H,1-2,9,11H2,(H,23,25,27). The van der Waals surface area contributed by atoms with E-state index in [9.17, 15) is 9.59 Å². The molecule has 3 heterocycles. The zero-order valence-corrected chi connectivity index (χ0v) is 17.8. The molecule has 1 fully saturated rings. The summed E-state index contributed by atoms with van der Waals surface area (Å²) in [5.74, 6) is 0.884. The van der Waals surface area contributed by atoms with E-state index in [1.165, 1.54) is 11.3 Å². The fourth-order valence-electron chi connectivity index (χ4n) is 3.65. The van der Waals surface area contributed by atoms with Crippen molar-refractivity contribution in [3.05, 3.63) is 53.1 Å². The third kappa shape index (κ3) is 3.94. The first kappa shape index (κ1) is 19.8. The number of rotatable bonds is 4. The zero-order chi connectivity index (χ0) is 21.4. The topological polar surface area (TPSA) is 93.7 Å². The van der Waals surface area contributed by atoms with Gasteiger partial charge in [0.25, 0.3) is 5.91 Å². The van der Waals surface area contributed by atoms with Gasteiger partial charge in [-0.05, 0) is 55.3 Å². The molecular weight excluding hydrogens is 440 g/mol. The summed E-state index contributed by atoms with van der Waals surface area (Å²) in [4.78, 5) is 27.3. The monoisotopic (exact) mass is 456 g/mol. The van der Waals surface area contributed by atoms with Gasteiger partial charge in [-0.3, -0.25) is 14.9 Å². The minimum Gasteiger partial charge on any atom is -0.454 e. The second kappa shape index (κ2) is 8.16. The van der Waals surface area contributed by atoms with Gasteiger partial charge in [0.05, 0.1) is 0 Å². The summed E-state index contributed by atoms with van der Waals surface area (Å²) in [5, 5.41) is 12.6. The third-order valence-electron chi connectivity index (χ3n) is 5.18. The molecule has 1 aromatic heterocycles. The van der Waals surface area contributed by atoms with E-state index in [1.54, 1.807) is 29.2 Å². The molecule has 1 saturated heterocycles. The van der Waals surface area contributed by atoms with Crippen LogP contribution in [0.25, 0.3) is 10.6 Å². The molecule has 5 rings (SSSR count). The number of nitrogens with one attached hydrogen (secondary N) is 1. The number of anilines is 1. The number of nitrogens with zero attached hydrogens (tertiary/aromatic N) is 3. The first-order valence-corrected chi connectivity index (χ1v) is 10.9. The molecule has 31 heavy (non-hydrogen) atoms. The van der Waals surface area contributed by atoms with Crippen LogP contribution in [0.15, 0.2) is 42.5 Å². The lowest BCUT2D eigenvalue weighted by Gasteiger charge is -2.23. The van der Waals surface area contributed by atoms with Gasteiger partial charge in [-0.1, -0.05) is 22.9 Å². The van der Waals surface area contributed by atoms with Crippen LogP contribution in [0.2, 0.25) is 5.02 Å². The maximum Gasteiger partial charge on any atom is 0.254 e. The number of hydrogen-bond donors (Lipinski definition) is 1. The van der Waals surface area contributed by atoms with Crippen LogP contribution < -0.4 is 14.8 Å². The molecule has 2 aliphatic rings. The van der Waals surface area contributed by atoms with Crippen molar-refractivity contribution in [1.82, 2.24) is 15.1 Å². The highest BCUT2D eigenvalue weighted by Crippen LogP contribution is 2.37. The Hall–Kier alpha value is -3.17. The molecule has 8 nitrogen and oxygen atoms in total. The smallest absolute Gasteiger partial charge is 0.254 e. The van der Waals surface area contributed by atoms with Gasteiger partial charge in [-0.2, -0.15) is 0 Å². The Morgan fingerprint density at radius 3 is 2.74 bits per heavy atom.